The minimum absolute atomic E-state index is 0.672. The van der Waals surface area contributed by atoms with Crippen LogP contribution in [0.3, 0.4) is 0 Å². The maximum atomic E-state index is 2.32. The molecular formula is C19H24S2. The fourth-order valence-electron chi connectivity index (χ4n) is 2.10. The molecule has 2 aromatic carbocycles. The van der Waals surface area contributed by atoms with Gasteiger partial charge in [-0.2, -0.15) is 0 Å². The van der Waals surface area contributed by atoms with E-state index in [0.717, 1.165) is 17.4 Å². The van der Waals surface area contributed by atoms with E-state index in [9.17, 15) is 0 Å². The van der Waals surface area contributed by atoms with Gasteiger partial charge in [0.05, 0.1) is 4.58 Å². The lowest BCUT2D eigenvalue weighted by molar-refractivity contribution is 0.619. The van der Waals surface area contributed by atoms with Gasteiger partial charge >= 0.3 is 0 Å². The Labute approximate surface area is 137 Å². The fraction of sp³-hybridized carbons (Fsp3) is 0.368. The van der Waals surface area contributed by atoms with Crippen LogP contribution in [0.2, 0.25) is 0 Å². The van der Waals surface area contributed by atoms with Gasteiger partial charge in [-0.1, -0.05) is 74.5 Å². The number of hydrogen-bond acceptors (Lipinski definition) is 2. The van der Waals surface area contributed by atoms with Gasteiger partial charge in [0.1, 0.15) is 0 Å². The van der Waals surface area contributed by atoms with Gasteiger partial charge in [0.15, 0.2) is 0 Å². The summed E-state index contributed by atoms with van der Waals surface area (Å²) in [6, 6.07) is 21.6. The molecule has 0 aliphatic heterocycles. The van der Waals surface area contributed by atoms with E-state index in [4.69, 9.17) is 0 Å². The molecule has 0 amide bonds. The van der Waals surface area contributed by atoms with Crippen molar-refractivity contribution in [1.82, 2.24) is 0 Å². The summed E-state index contributed by atoms with van der Waals surface area (Å²) in [5, 5.41) is 0. The van der Waals surface area contributed by atoms with Crippen LogP contribution in [0, 0.1) is 5.92 Å². The fourth-order valence-corrected chi connectivity index (χ4v) is 5.07. The molecule has 2 rings (SSSR count). The van der Waals surface area contributed by atoms with Gasteiger partial charge in [0.25, 0.3) is 0 Å². The Morgan fingerprint density at radius 1 is 0.714 bits per heavy atom. The van der Waals surface area contributed by atoms with Crippen molar-refractivity contribution in [2.45, 2.75) is 36.4 Å². The van der Waals surface area contributed by atoms with Crippen LogP contribution >= 0.6 is 23.5 Å². The van der Waals surface area contributed by atoms with E-state index in [0.29, 0.717) is 4.58 Å². The van der Waals surface area contributed by atoms with Crippen molar-refractivity contribution in [3.63, 3.8) is 0 Å². The molecule has 0 bridgehead atoms. The van der Waals surface area contributed by atoms with Gasteiger partial charge in [-0.15, -0.1) is 23.5 Å². The normalized spacial score (nSPS) is 11.2. The van der Waals surface area contributed by atoms with Crippen LogP contribution < -0.4 is 0 Å². The lowest BCUT2D eigenvalue weighted by atomic mass is 10.2. The average molecular weight is 317 g/mol. The van der Waals surface area contributed by atoms with E-state index in [1.807, 2.05) is 0 Å². The zero-order chi connectivity index (χ0) is 14.9. The third-order valence-corrected chi connectivity index (χ3v) is 6.17. The summed E-state index contributed by atoms with van der Waals surface area (Å²) >= 11 is 4.17. The van der Waals surface area contributed by atoms with Crippen molar-refractivity contribution in [1.29, 1.82) is 0 Å². The Bertz CT molecular complexity index is 450. The highest BCUT2D eigenvalue weighted by atomic mass is 32.2. The Morgan fingerprint density at radius 2 is 1.14 bits per heavy atom. The second kappa shape index (κ2) is 9.22. The first-order valence-electron chi connectivity index (χ1n) is 7.55. The van der Waals surface area contributed by atoms with Crippen LogP contribution in [0.15, 0.2) is 60.7 Å². The van der Waals surface area contributed by atoms with Gasteiger partial charge in [0.2, 0.25) is 0 Å². The van der Waals surface area contributed by atoms with Gasteiger partial charge in [-0.3, -0.25) is 0 Å². The number of benzene rings is 2. The Morgan fingerprint density at radius 3 is 1.52 bits per heavy atom. The molecule has 0 aliphatic rings. The number of thioether (sulfide) groups is 2. The summed E-state index contributed by atoms with van der Waals surface area (Å²) in [5.74, 6) is 2.97. The van der Waals surface area contributed by atoms with Crippen LogP contribution in [0.4, 0.5) is 0 Å². The molecule has 0 N–H and O–H groups in total. The highest BCUT2D eigenvalue weighted by Crippen LogP contribution is 2.34. The summed E-state index contributed by atoms with van der Waals surface area (Å²) < 4.78 is 0.672. The van der Waals surface area contributed by atoms with E-state index < -0.39 is 0 Å². The molecule has 0 spiro atoms. The van der Waals surface area contributed by atoms with Crippen LogP contribution in [0.1, 0.15) is 31.4 Å². The SMILES string of the molecule is CC(C)CC(SCc1ccccc1)SCc1ccccc1. The first kappa shape index (κ1) is 16.5. The van der Waals surface area contributed by atoms with Crippen molar-refractivity contribution in [3.8, 4) is 0 Å². The molecule has 0 atom stereocenters. The molecule has 2 aromatic rings. The van der Waals surface area contributed by atoms with E-state index in [2.05, 4.69) is 98.0 Å². The highest BCUT2D eigenvalue weighted by molar-refractivity contribution is 8.16. The second-order valence-corrected chi connectivity index (χ2v) is 8.33. The molecule has 112 valence electrons. The molecule has 2 heteroatoms. The van der Waals surface area contributed by atoms with Crippen molar-refractivity contribution in [2.75, 3.05) is 0 Å². The van der Waals surface area contributed by atoms with Crippen LogP contribution in [-0.4, -0.2) is 4.58 Å². The molecule has 0 saturated carbocycles. The Hall–Kier alpha value is -0.860. The minimum Gasteiger partial charge on any atom is -0.143 e. The molecule has 0 fully saturated rings. The second-order valence-electron chi connectivity index (χ2n) is 5.65. The predicted molar refractivity (Wildman–Crippen MR) is 98.7 cm³/mol. The summed E-state index contributed by atoms with van der Waals surface area (Å²) in [6.45, 7) is 4.64. The van der Waals surface area contributed by atoms with Crippen molar-refractivity contribution in [2.24, 2.45) is 5.92 Å². The molecule has 21 heavy (non-hydrogen) atoms. The molecule has 0 heterocycles. The van der Waals surface area contributed by atoms with Crippen molar-refractivity contribution in [3.05, 3.63) is 71.8 Å². The van der Waals surface area contributed by atoms with E-state index in [-0.39, 0.29) is 0 Å². The zero-order valence-corrected chi connectivity index (χ0v) is 14.5. The van der Waals surface area contributed by atoms with Gasteiger partial charge < -0.3 is 0 Å². The molecule has 0 aliphatic carbocycles. The van der Waals surface area contributed by atoms with Crippen molar-refractivity contribution >= 4 is 23.5 Å². The Balaban J connectivity index is 1.85. The third-order valence-electron chi connectivity index (χ3n) is 3.22. The largest absolute Gasteiger partial charge is 0.143 e. The van der Waals surface area contributed by atoms with E-state index in [1.165, 1.54) is 17.5 Å². The summed E-state index contributed by atoms with van der Waals surface area (Å²) in [6.07, 6.45) is 1.27. The lowest BCUT2D eigenvalue weighted by Gasteiger charge is -2.18. The molecule has 0 radical (unpaired) electrons. The average Bonchev–Trinajstić information content (AvgIpc) is 2.51. The maximum absolute atomic E-state index is 2.32. The van der Waals surface area contributed by atoms with Gasteiger partial charge in [0, 0.05) is 11.5 Å². The highest BCUT2D eigenvalue weighted by Gasteiger charge is 2.12. The van der Waals surface area contributed by atoms with Crippen LogP contribution in [-0.2, 0) is 11.5 Å². The number of rotatable bonds is 8. The lowest BCUT2D eigenvalue weighted by Crippen LogP contribution is -2.03. The third kappa shape index (κ3) is 6.62. The zero-order valence-electron chi connectivity index (χ0n) is 12.9. The quantitative estimate of drug-likeness (QED) is 0.530. The maximum Gasteiger partial charge on any atom is 0.0511 e. The topological polar surface area (TPSA) is 0 Å². The molecule has 0 aromatic heterocycles. The van der Waals surface area contributed by atoms with Gasteiger partial charge in [-0.05, 0) is 23.5 Å². The van der Waals surface area contributed by atoms with Gasteiger partial charge in [-0.25, -0.2) is 0 Å². The molecule has 0 unspecified atom stereocenters. The van der Waals surface area contributed by atoms with E-state index in [1.54, 1.807) is 0 Å². The smallest absolute Gasteiger partial charge is 0.0511 e. The molecular weight excluding hydrogens is 292 g/mol. The first-order valence-corrected chi connectivity index (χ1v) is 9.65. The summed E-state index contributed by atoms with van der Waals surface area (Å²) in [4.78, 5) is 0. The first-order chi connectivity index (χ1) is 10.2. The Kier molecular flexibility index (Phi) is 7.25. The predicted octanol–water partition coefficient (Wildman–Crippen LogP) is 6.23. The van der Waals surface area contributed by atoms with Crippen molar-refractivity contribution < 1.29 is 0 Å². The van der Waals surface area contributed by atoms with Crippen LogP contribution in [0.5, 0.6) is 0 Å². The number of hydrogen-bond donors (Lipinski definition) is 0. The molecule has 0 nitrogen and oxygen atoms in total. The molecule has 0 saturated heterocycles. The van der Waals surface area contributed by atoms with Crippen LogP contribution in [0.25, 0.3) is 0 Å². The summed E-state index contributed by atoms with van der Waals surface area (Å²) in [7, 11) is 0. The summed E-state index contributed by atoms with van der Waals surface area (Å²) in [5.41, 5.74) is 2.85. The standard InChI is InChI=1S/C19H24S2/c1-16(2)13-19(20-14-17-9-5-3-6-10-17)21-15-18-11-7-4-8-12-18/h3-12,16,19H,13-15H2,1-2H3. The van der Waals surface area contributed by atoms with E-state index >= 15 is 0 Å². The monoisotopic (exact) mass is 316 g/mol. The minimum atomic E-state index is 0.672.